The van der Waals surface area contributed by atoms with Crippen LogP contribution in [0.25, 0.3) is 0 Å². The number of carbonyl (C=O) groups excluding carboxylic acids is 3. The van der Waals surface area contributed by atoms with Gasteiger partial charge in [-0.15, -0.1) is 0 Å². The molecule has 1 amide bonds. The Bertz CT molecular complexity index is 2200. The predicted octanol–water partition coefficient (Wildman–Crippen LogP) is 7.83. The van der Waals surface area contributed by atoms with Gasteiger partial charge in [-0.05, 0) is 86.7 Å². The first-order valence-corrected chi connectivity index (χ1v) is 23.3. The van der Waals surface area contributed by atoms with E-state index < -0.39 is 61.2 Å². The molecule has 14 nitrogen and oxygen atoms in total. The van der Waals surface area contributed by atoms with Gasteiger partial charge in [0.2, 0.25) is 16.1 Å². The van der Waals surface area contributed by atoms with Crippen molar-refractivity contribution < 1.29 is 99.3 Å². The second-order valence-electron chi connectivity index (χ2n) is 16.9. The number of aromatic hydroxyl groups is 1. The fraction of sp³-hybridized carbons (Fsp3) is 0.512. The van der Waals surface area contributed by atoms with Crippen LogP contribution in [-0.2, 0) is 39.6 Å². The van der Waals surface area contributed by atoms with Crippen molar-refractivity contribution in [3.8, 4) is 23.0 Å². The molecule has 3 N–H and O–H groups in total. The molecule has 1 radical (unpaired) electrons. The summed E-state index contributed by atoms with van der Waals surface area (Å²) in [6.45, 7) is 16.2. The third-order valence-corrected chi connectivity index (χ3v) is 10.5. The van der Waals surface area contributed by atoms with Crippen LogP contribution in [0.5, 0.6) is 23.0 Å². The van der Waals surface area contributed by atoms with E-state index in [2.05, 4.69) is 17.0 Å². The van der Waals surface area contributed by atoms with Gasteiger partial charge in [-0.25, -0.2) is 21.6 Å². The van der Waals surface area contributed by atoms with E-state index in [0.29, 0.717) is 12.2 Å². The second-order valence-corrected chi connectivity index (χ2v) is 20.7. The summed E-state index contributed by atoms with van der Waals surface area (Å²) >= 11 is 0. The van der Waals surface area contributed by atoms with Crippen LogP contribution >= 0.6 is 0 Å². The van der Waals surface area contributed by atoms with Gasteiger partial charge in [0.25, 0.3) is 5.91 Å². The van der Waals surface area contributed by atoms with Crippen LogP contribution in [0.15, 0.2) is 59.5 Å². The van der Waals surface area contributed by atoms with E-state index in [-0.39, 0.29) is 95.2 Å². The van der Waals surface area contributed by atoms with Gasteiger partial charge in [-0.2, -0.15) is 0 Å². The number of rotatable bonds is 20. The van der Waals surface area contributed by atoms with E-state index in [1.54, 1.807) is 52.8 Å². The van der Waals surface area contributed by atoms with Crippen LogP contribution in [0.1, 0.15) is 110 Å². The van der Waals surface area contributed by atoms with Crippen molar-refractivity contribution in [3.05, 3.63) is 65.7 Å². The Labute approximate surface area is 391 Å². The van der Waals surface area contributed by atoms with E-state index in [1.165, 1.54) is 18.2 Å². The number of sulfone groups is 1. The SMILES string of the molecule is CCCCCCC(COC(=O)c1ccc(NC(=O)C(Oc2ccc(S(C)(=O)=O)cc2NS(C)(=O)=O)C(=O)C(C)(C)C)c(OC(C)C)c1)Oc1ccc(O)c(C(C)(C)C)c1.[Ac]. The topological polar surface area (TPSA) is 201 Å². The number of unbranched alkanes of at least 4 members (excludes halogenated alkanes) is 3. The molecule has 329 valence electrons. The number of esters is 1. The van der Waals surface area contributed by atoms with Crippen LogP contribution < -0.4 is 24.2 Å². The Morgan fingerprint density at radius 3 is 2.02 bits per heavy atom. The molecule has 0 fully saturated rings. The molecule has 0 aliphatic heterocycles. The van der Waals surface area contributed by atoms with Crippen molar-refractivity contribution in [2.75, 3.05) is 29.2 Å². The Hall–Kier alpha value is -3.39. The first-order valence-electron chi connectivity index (χ1n) is 19.5. The third kappa shape index (κ3) is 16.5. The molecule has 0 saturated carbocycles. The number of anilines is 2. The summed E-state index contributed by atoms with van der Waals surface area (Å²) in [7, 11) is -7.74. The first kappa shape index (κ1) is 52.7. The predicted molar refractivity (Wildman–Crippen MR) is 228 cm³/mol. The van der Waals surface area contributed by atoms with Gasteiger partial charge in [0.15, 0.2) is 15.6 Å². The minimum atomic E-state index is -3.96. The van der Waals surface area contributed by atoms with Gasteiger partial charge in [0, 0.05) is 61.3 Å². The summed E-state index contributed by atoms with van der Waals surface area (Å²) in [6.07, 6.45) is 3.61. The summed E-state index contributed by atoms with van der Waals surface area (Å²) in [6, 6.07) is 12.7. The molecule has 0 heterocycles. The number of carbonyl (C=O) groups is 3. The van der Waals surface area contributed by atoms with Gasteiger partial charge in [-0.3, -0.25) is 14.3 Å². The Balaban J connectivity index is 0.0000124. The smallest absolute Gasteiger partial charge is 0.338 e. The molecule has 3 rings (SSSR count). The minimum Gasteiger partial charge on any atom is -0.508 e. The van der Waals surface area contributed by atoms with Crippen molar-refractivity contribution in [3.63, 3.8) is 0 Å². The van der Waals surface area contributed by atoms with Gasteiger partial charge >= 0.3 is 5.97 Å². The van der Waals surface area contributed by atoms with Crippen molar-refractivity contribution >= 4 is 48.9 Å². The van der Waals surface area contributed by atoms with Crippen LogP contribution in [0.4, 0.5) is 11.4 Å². The summed E-state index contributed by atoms with van der Waals surface area (Å²) in [5.41, 5.74) is -0.828. The fourth-order valence-corrected chi connectivity index (χ4v) is 6.99. The second kappa shape index (κ2) is 22.1. The zero-order valence-corrected chi connectivity index (χ0v) is 42.9. The van der Waals surface area contributed by atoms with E-state index in [9.17, 15) is 36.3 Å². The molecule has 0 aliphatic rings. The molecule has 60 heavy (non-hydrogen) atoms. The van der Waals surface area contributed by atoms with Crippen molar-refractivity contribution in [1.82, 2.24) is 0 Å². The van der Waals surface area contributed by atoms with Gasteiger partial charge in [0.05, 0.1) is 34.2 Å². The maximum Gasteiger partial charge on any atom is 0.338 e. The van der Waals surface area contributed by atoms with Gasteiger partial charge in [0.1, 0.15) is 35.7 Å². The molecule has 3 aromatic rings. The molecule has 0 aliphatic carbocycles. The number of hydrogen-bond donors (Lipinski definition) is 3. The molecular formula is C43H60AcN2O12S2. The maximum absolute atomic E-state index is 14.0. The zero-order chi connectivity index (χ0) is 44.5. The average Bonchev–Trinajstić information content (AvgIpc) is 3.10. The van der Waals surface area contributed by atoms with Crippen LogP contribution in [0.3, 0.4) is 0 Å². The molecule has 2 unspecified atom stereocenters. The number of ether oxygens (including phenoxy) is 4. The zero-order valence-electron chi connectivity index (χ0n) is 36.5. The molecule has 17 heteroatoms. The monoisotopic (exact) mass is 1090 g/mol. The number of amides is 1. The van der Waals surface area contributed by atoms with Crippen LogP contribution in [-0.4, -0.2) is 77.0 Å². The molecule has 0 spiro atoms. The van der Waals surface area contributed by atoms with E-state index in [4.69, 9.17) is 18.9 Å². The molecule has 3 aromatic carbocycles. The number of phenolic OH excluding ortho intramolecular Hbond substituents is 1. The number of Topliss-reactive ketones (excluding diaryl/α,β-unsaturated/α-hetero) is 1. The van der Waals surface area contributed by atoms with Crippen molar-refractivity contribution in [2.45, 2.75) is 123 Å². The standard InChI is InChI=1S/C43H60N2O12S2.Ac/c1-12-13-14-15-16-30(56-29-18-21-35(46)32(24-29)42(4,5)6)26-54-41(49)28-17-20-33(37(23-28)55-27(2)3)44-40(48)38(39(47)43(7,8)9)57-36-22-19-31(58(10,50)51)25-34(36)45-59(11,52)53;/h17-25,27,30,38,45-46H,12-16,26H2,1-11H3,(H,44,48);. The normalized spacial score (nSPS) is 13.1. The molecule has 0 bridgehead atoms. The number of benzene rings is 3. The van der Waals surface area contributed by atoms with E-state index >= 15 is 0 Å². The van der Waals surface area contributed by atoms with Gasteiger partial charge < -0.3 is 29.4 Å². The van der Waals surface area contributed by atoms with Gasteiger partial charge in [-0.1, -0.05) is 67.7 Å². The largest absolute Gasteiger partial charge is 0.508 e. The summed E-state index contributed by atoms with van der Waals surface area (Å²) in [4.78, 5) is 41.0. The molecular weight excluding hydrogens is 1030 g/mol. The van der Waals surface area contributed by atoms with E-state index in [0.717, 1.165) is 62.0 Å². The van der Waals surface area contributed by atoms with Crippen molar-refractivity contribution in [2.24, 2.45) is 5.41 Å². The minimum absolute atomic E-state index is 0. The Kier molecular flexibility index (Phi) is 19.4. The number of hydrogen-bond acceptors (Lipinski definition) is 12. The maximum atomic E-state index is 14.0. The van der Waals surface area contributed by atoms with Crippen LogP contribution in [0, 0.1) is 49.5 Å². The molecule has 0 saturated heterocycles. The Morgan fingerprint density at radius 2 is 1.45 bits per heavy atom. The molecule has 2 atom stereocenters. The van der Waals surface area contributed by atoms with Crippen molar-refractivity contribution in [1.29, 1.82) is 0 Å². The number of ketones is 1. The summed E-state index contributed by atoms with van der Waals surface area (Å²) < 4.78 is 75.1. The molecule has 0 aromatic heterocycles. The third-order valence-electron chi connectivity index (χ3n) is 8.83. The average molecular weight is 1090 g/mol. The first-order chi connectivity index (χ1) is 27.2. The van der Waals surface area contributed by atoms with E-state index in [1.807, 2.05) is 20.8 Å². The number of nitrogens with one attached hydrogen (secondary N) is 2. The number of sulfonamides is 1. The fourth-order valence-electron chi connectivity index (χ4n) is 5.78. The van der Waals surface area contributed by atoms with Crippen LogP contribution in [0.2, 0.25) is 0 Å². The summed E-state index contributed by atoms with van der Waals surface area (Å²) in [5, 5.41) is 13.1. The quantitative estimate of drug-likeness (QED) is 0.0564. The summed E-state index contributed by atoms with van der Waals surface area (Å²) in [5.74, 6) is -1.77. The number of phenols is 1. The Morgan fingerprint density at radius 1 is 0.783 bits per heavy atom.